The molecule has 0 heterocycles. The summed E-state index contributed by atoms with van der Waals surface area (Å²) in [5, 5.41) is 0. The average molecular weight is 269 g/mol. The molecular formula is C15H27NO3. The van der Waals surface area contributed by atoms with Gasteiger partial charge in [0.1, 0.15) is 6.54 Å². The average Bonchev–Trinajstić information content (AvgIpc) is 2.43. The lowest BCUT2D eigenvalue weighted by atomic mass is 9.86. The second kappa shape index (κ2) is 8.94. The summed E-state index contributed by atoms with van der Waals surface area (Å²) in [5.41, 5.74) is 0. The molecule has 4 nitrogen and oxygen atoms in total. The molecule has 0 saturated heterocycles. The third-order valence-corrected chi connectivity index (χ3v) is 3.85. The number of hydrogen-bond donors (Lipinski definition) is 0. The molecule has 0 aromatic heterocycles. The lowest BCUT2D eigenvalue weighted by Gasteiger charge is -2.24. The summed E-state index contributed by atoms with van der Waals surface area (Å²) >= 11 is 0. The molecule has 19 heavy (non-hydrogen) atoms. The quantitative estimate of drug-likeness (QED) is 0.668. The molecule has 0 atom stereocenters. The molecule has 1 amide bonds. The van der Waals surface area contributed by atoms with E-state index in [4.69, 9.17) is 4.74 Å². The van der Waals surface area contributed by atoms with Crippen molar-refractivity contribution >= 4 is 11.9 Å². The Labute approximate surface area is 116 Å². The third-order valence-electron chi connectivity index (χ3n) is 3.85. The zero-order valence-corrected chi connectivity index (χ0v) is 12.3. The molecule has 0 aromatic rings. The number of likely N-dealkylation sites (N-methyl/N-ethyl adjacent to an activating group) is 1. The molecule has 4 heteroatoms. The Kier molecular flexibility index (Phi) is 7.53. The molecule has 0 aliphatic heterocycles. The molecule has 110 valence electrons. The van der Waals surface area contributed by atoms with Crippen molar-refractivity contribution in [3.63, 3.8) is 0 Å². The van der Waals surface area contributed by atoms with E-state index in [-0.39, 0.29) is 18.4 Å². The fraction of sp³-hybridized carbons (Fsp3) is 0.867. The monoisotopic (exact) mass is 269 g/mol. The second-order valence-corrected chi connectivity index (χ2v) is 5.26. The number of esters is 1. The fourth-order valence-corrected chi connectivity index (χ4v) is 2.70. The summed E-state index contributed by atoms with van der Waals surface area (Å²) in [6, 6.07) is 0. The Morgan fingerprint density at radius 3 is 2.42 bits per heavy atom. The minimum atomic E-state index is -0.310. The van der Waals surface area contributed by atoms with E-state index in [9.17, 15) is 9.59 Å². The van der Waals surface area contributed by atoms with Gasteiger partial charge in [0.05, 0.1) is 6.61 Å². The highest BCUT2D eigenvalue weighted by atomic mass is 16.5. The lowest BCUT2D eigenvalue weighted by Crippen LogP contribution is -2.36. The van der Waals surface area contributed by atoms with E-state index in [2.05, 4.69) is 0 Å². The van der Waals surface area contributed by atoms with Gasteiger partial charge >= 0.3 is 5.97 Å². The van der Waals surface area contributed by atoms with E-state index in [1.807, 2.05) is 6.92 Å². The predicted molar refractivity (Wildman–Crippen MR) is 74.7 cm³/mol. The van der Waals surface area contributed by atoms with Gasteiger partial charge in [-0.15, -0.1) is 0 Å². The van der Waals surface area contributed by atoms with Crippen LogP contribution in [0.2, 0.25) is 0 Å². The second-order valence-electron chi connectivity index (χ2n) is 5.26. The van der Waals surface area contributed by atoms with Gasteiger partial charge in [0.25, 0.3) is 0 Å². The Morgan fingerprint density at radius 1 is 1.16 bits per heavy atom. The first-order chi connectivity index (χ1) is 9.17. The molecule has 0 unspecified atom stereocenters. The number of ether oxygens (including phenoxy) is 1. The van der Waals surface area contributed by atoms with Crippen molar-refractivity contribution in [3.05, 3.63) is 0 Å². The van der Waals surface area contributed by atoms with E-state index in [0.29, 0.717) is 25.5 Å². The van der Waals surface area contributed by atoms with Gasteiger partial charge in [-0.3, -0.25) is 9.59 Å². The van der Waals surface area contributed by atoms with Gasteiger partial charge in [-0.05, 0) is 26.2 Å². The molecule has 1 aliphatic rings. The first kappa shape index (κ1) is 16.0. The van der Waals surface area contributed by atoms with Crippen molar-refractivity contribution in [2.24, 2.45) is 5.92 Å². The molecule has 1 aliphatic carbocycles. The molecule has 0 N–H and O–H groups in total. The van der Waals surface area contributed by atoms with Crippen molar-refractivity contribution < 1.29 is 14.3 Å². The van der Waals surface area contributed by atoms with Crippen LogP contribution in [-0.4, -0.2) is 36.5 Å². The van der Waals surface area contributed by atoms with Gasteiger partial charge in [-0.2, -0.15) is 0 Å². The Hall–Kier alpha value is -1.06. The van der Waals surface area contributed by atoms with Gasteiger partial charge in [0.2, 0.25) is 5.91 Å². The zero-order valence-electron chi connectivity index (χ0n) is 12.3. The highest BCUT2D eigenvalue weighted by molar-refractivity contribution is 5.82. The summed E-state index contributed by atoms with van der Waals surface area (Å²) in [6.45, 7) is 4.71. The van der Waals surface area contributed by atoms with Crippen LogP contribution in [0, 0.1) is 5.92 Å². The number of rotatable bonds is 7. The maximum atomic E-state index is 12.1. The van der Waals surface area contributed by atoms with Gasteiger partial charge in [-0.1, -0.05) is 32.1 Å². The molecule has 0 spiro atoms. The molecule has 0 aromatic carbocycles. The van der Waals surface area contributed by atoms with Crippen molar-refractivity contribution in [1.29, 1.82) is 0 Å². The molecule has 1 fully saturated rings. The van der Waals surface area contributed by atoms with Crippen molar-refractivity contribution in [3.8, 4) is 0 Å². The first-order valence-corrected chi connectivity index (χ1v) is 7.60. The Balaban J connectivity index is 2.29. The van der Waals surface area contributed by atoms with Crippen molar-refractivity contribution in [1.82, 2.24) is 4.90 Å². The minimum absolute atomic E-state index is 0.0844. The number of amides is 1. The van der Waals surface area contributed by atoms with E-state index in [1.165, 1.54) is 32.1 Å². The van der Waals surface area contributed by atoms with Crippen LogP contribution >= 0.6 is 0 Å². The topological polar surface area (TPSA) is 46.6 Å². The Morgan fingerprint density at radius 2 is 1.84 bits per heavy atom. The summed E-state index contributed by atoms with van der Waals surface area (Å²) in [4.78, 5) is 25.1. The van der Waals surface area contributed by atoms with Gasteiger partial charge in [0.15, 0.2) is 0 Å². The molecular weight excluding hydrogens is 242 g/mol. The predicted octanol–water partition coefficient (Wildman–Crippen LogP) is 2.76. The van der Waals surface area contributed by atoms with Crippen LogP contribution in [0.3, 0.4) is 0 Å². The van der Waals surface area contributed by atoms with Crippen LogP contribution in [-0.2, 0) is 14.3 Å². The smallest absolute Gasteiger partial charge is 0.325 e. The molecule has 1 rings (SSSR count). The van der Waals surface area contributed by atoms with Crippen LogP contribution in [0.25, 0.3) is 0 Å². The van der Waals surface area contributed by atoms with Crippen LogP contribution < -0.4 is 0 Å². The third kappa shape index (κ3) is 6.08. The van der Waals surface area contributed by atoms with E-state index >= 15 is 0 Å². The maximum Gasteiger partial charge on any atom is 0.325 e. The highest BCUT2D eigenvalue weighted by Crippen LogP contribution is 2.27. The Bertz CT molecular complexity index is 285. The van der Waals surface area contributed by atoms with Crippen LogP contribution in [0.5, 0.6) is 0 Å². The molecule has 0 bridgehead atoms. The number of hydrogen-bond acceptors (Lipinski definition) is 3. The summed E-state index contributed by atoms with van der Waals surface area (Å²) in [7, 11) is 0. The normalized spacial score (nSPS) is 16.1. The first-order valence-electron chi connectivity index (χ1n) is 7.60. The minimum Gasteiger partial charge on any atom is -0.465 e. The SMILES string of the molecule is CCOC(=O)CN(CC)C(=O)CCC1CCCCC1. The fourth-order valence-electron chi connectivity index (χ4n) is 2.70. The summed E-state index contributed by atoms with van der Waals surface area (Å²) in [5.74, 6) is 0.482. The van der Waals surface area contributed by atoms with Crippen LogP contribution in [0.15, 0.2) is 0 Å². The number of carbonyl (C=O) groups excluding carboxylic acids is 2. The highest BCUT2D eigenvalue weighted by Gasteiger charge is 2.19. The van der Waals surface area contributed by atoms with Crippen molar-refractivity contribution in [2.45, 2.75) is 58.8 Å². The van der Waals surface area contributed by atoms with E-state index in [1.54, 1.807) is 11.8 Å². The van der Waals surface area contributed by atoms with Crippen molar-refractivity contribution in [2.75, 3.05) is 19.7 Å². The molecule has 1 saturated carbocycles. The van der Waals surface area contributed by atoms with E-state index in [0.717, 1.165) is 6.42 Å². The van der Waals surface area contributed by atoms with E-state index < -0.39 is 0 Å². The zero-order chi connectivity index (χ0) is 14.1. The standard InChI is InChI=1S/C15H27NO3/c1-3-16(12-15(18)19-4-2)14(17)11-10-13-8-6-5-7-9-13/h13H,3-12H2,1-2H3. The van der Waals surface area contributed by atoms with Crippen LogP contribution in [0.4, 0.5) is 0 Å². The van der Waals surface area contributed by atoms with Gasteiger partial charge in [0, 0.05) is 13.0 Å². The number of carbonyl (C=O) groups is 2. The summed E-state index contributed by atoms with van der Waals surface area (Å²) in [6.07, 6.45) is 8.01. The van der Waals surface area contributed by atoms with Gasteiger partial charge < -0.3 is 9.64 Å². The van der Waals surface area contributed by atoms with Gasteiger partial charge in [-0.25, -0.2) is 0 Å². The molecule has 0 radical (unpaired) electrons. The van der Waals surface area contributed by atoms with Crippen LogP contribution in [0.1, 0.15) is 58.8 Å². The lowest BCUT2D eigenvalue weighted by molar-refractivity contribution is -0.148. The summed E-state index contributed by atoms with van der Waals surface area (Å²) < 4.78 is 4.89. The largest absolute Gasteiger partial charge is 0.465 e. The maximum absolute atomic E-state index is 12.1. The number of nitrogens with zero attached hydrogens (tertiary/aromatic N) is 1.